The first kappa shape index (κ1) is 18.9. The van der Waals surface area contributed by atoms with E-state index in [1.807, 2.05) is 30.6 Å². The van der Waals surface area contributed by atoms with Gasteiger partial charge in [0.1, 0.15) is 6.54 Å². The van der Waals surface area contributed by atoms with Gasteiger partial charge in [-0.15, -0.1) is 0 Å². The second-order valence-electron chi connectivity index (χ2n) is 4.74. The summed E-state index contributed by atoms with van der Waals surface area (Å²) in [5.74, 6) is -0.0442. The van der Waals surface area contributed by atoms with E-state index in [2.05, 4.69) is 9.88 Å². The number of anilines is 1. The third kappa shape index (κ3) is 6.34. The Bertz CT molecular complexity index is 608. The van der Waals surface area contributed by atoms with Gasteiger partial charge in [-0.2, -0.15) is 0 Å². The molecule has 0 radical (unpaired) electrons. The first-order valence-corrected chi connectivity index (χ1v) is 7.60. The Morgan fingerprint density at radius 1 is 1.09 bits per heavy atom. The molecular formula is C16H17BrCl2N2O. The highest BCUT2D eigenvalue weighted by Gasteiger charge is 2.07. The van der Waals surface area contributed by atoms with Crippen molar-refractivity contribution in [2.24, 2.45) is 0 Å². The molecule has 22 heavy (non-hydrogen) atoms. The second kappa shape index (κ2) is 9.82. The summed E-state index contributed by atoms with van der Waals surface area (Å²) in [4.78, 5) is 11.9. The van der Waals surface area contributed by atoms with Crippen LogP contribution in [-0.4, -0.2) is 5.91 Å². The second-order valence-corrected chi connectivity index (χ2v) is 5.59. The van der Waals surface area contributed by atoms with Gasteiger partial charge in [0.25, 0.3) is 0 Å². The van der Waals surface area contributed by atoms with Crippen molar-refractivity contribution in [1.29, 1.82) is 0 Å². The molecule has 0 spiro atoms. The number of amides is 1. The van der Waals surface area contributed by atoms with E-state index in [9.17, 15) is 4.79 Å². The van der Waals surface area contributed by atoms with Crippen LogP contribution in [0.3, 0.4) is 0 Å². The molecule has 3 nitrogen and oxygen atoms in total. The lowest BCUT2D eigenvalue weighted by molar-refractivity contribution is -0.697. The number of halogens is 3. The zero-order valence-corrected chi connectivity index (χ0v) is 15.0. The van der Waals surface area contributed by atoms with Gasteiger partial charge in [-0.3, -0.25) is 4.79 Å². The van der Waals surface area contributed by atoms with E-state index in [1.54, 1.807) is 18.2 Å². The number of rotatable bonds is 6. The maximum absolute atomic E-state index is 11.9. The summed E-state index contributed by atoms with van der Waals surface area (Å²) in [5.41, 5.74) is 0.562. The minimum absolute atomic E-state index is 0. The van der Waals surface area contributed by atoms with Crippen LogP contribution in [0.2, 0.25) is 10.0 Å². The summed E-state index contributed by atoms with van der Waals surface area (Å²) < 4.78 is 2.10. The van der Waals surface area contributed by atoms with Gasteiger partial charge in [0.15, 0.2) is 12.4 Å². The molecule has 2 aromatic rings. The molecule has 0 aliphatic rings. The van der Waals surface area contributed by atoms with E-state index in [0.717, 1.165) is 19.4 Å². The van der Waals surface area contributed by atoms with Crippen LogP contribution in [0.5, 0.6) is 0 Å². The molecule has 0 unspecified atom stereocenters. The Morgan fingerprint density at radius 3 is 2.55 bits per heavy atom. The fourth-order valence-corrected chi connectivity index (χ4v) is 2.31. The number of benzene rings is 1. The van der Waals surface area contributed by atoms with Crippen molar-refractivity contribution < 1.29 is 26.3 Å². The van der Waals surface area contributed by atoms with E-state index in [4.69, 9.17) is 23.2 Å². The Kier molecular flexibility index (Phi) is 8.46. The van der Waals surface area contributed by atoms with Crippen LogP contribution < -0.4 is 26.9 Å². The maximum Gasteiger partial charge on any atom is 0.224 e. The van der Waals surface area contributed by atoms with Gasteiger partial charge in [-0.05, 0) is 24.6 Å². The third-order valence-electron chi connectivity index (χ3n) is 3.05. The van der Waals surface area contributed by atoms with Crippen LogP contribution in [0.25, 0.3) is 0 Å². The maximum atomic E-state index is 11.9. The number of aromatic nitrogens is 1. The van der Waals surface area contributed by atoms with Gasteiger partial charge in [-0.25, -0.2) is 4.57 Å². The number of carbonyl (C=O) groups excluding carboxylic acids is 1. The third-order valence-corrected chi connectivity index (χ3v) is 3.61. The molecule has 1 N–H and O–H groups in total. The molecule has 1 aromatic heterocycles. The van der Waals surface area contributed by atoms with Gasteiger partial charge < -0.3 is 22.3 Å². The lowest BCUT2D eigenvalue weighted by atomic mass is 10.2. The van der Waals surface area contributed by atoms with Gasteiger partial charge in [-0.1, -0.05) is 29.3 Å². The summed E-state index contributed by atoms with van der Waals surface area (Å²) in [6, 6.07) is 11.0. The van der Waals surface area contributed by atoms with Crippen molar-refractivity contribution in [3.05, 3.63) is 58.8 Å². The molecule has 6 heteroatoms. The Labute approximate surface area is 151 Å². The molecule has 0 bridgehead atoms. The Morgan fingerprint density at radius 2 is 1.82 bits per heavy atom. The first-order chi connectivity index (χ1) is 10.1. The average Bonchev–Trinajstić information content (AvgIpc) is 2.48. The molecule has 2 rings (SSSR count). The van der Waals surface area contributed by atoms with Crippen LogP contribution >= 0.6 is 23.2 Å². The van der Waals surface area contributed by atoms with Gasteiger partial charge in [0.05, 0.1) is 10.7 Å². The highest BCUT2D eigenvalue weighted by Crippen LogP contribution is 2.25. The van der Waals surface area contributed by atoms with Gasteiger partial charge in [0.2, 0.25) is 5.91 Å². The lowest BCUT2D eigenvalue weighted by Crippen LogP contribution is -3.00. The van der Waals surface area contributed by atoms with Crippen molar-refractivity contribution in [3.8, 4) is 0 Å². The van der Waals surface area contributed by atoms with Gasteiger partial charge in [0, 0.05) is 30.0 Å². The van der Waals surface area contributed by atoms with Crippen molar-refractivity contribution >= 4 is 34.8 Å². The van der Waals surface area contributed by atoms with E-state index in [-0.39, 0.29) is 22.9 Å². The molecule has 0 aliphatic carbocycles. The normalized spacial score (nSPS) is 9.91. The zero-order chi connectivity index (χ0) is 15.1. The van der Waals surface area contributed by atoms with Crippen molar-refractivity contribution in [2.45, 2.75) is 25.8 Å². The number of nitrogens with one attached hydrogen (secondary N) is 1. The molecule has 1 heterocycles. The molecular weight excluding hydrogens is 387 g/mol. The van der Waals surface area contributed by atoms with Gasteiger partial charge >= 0.3 is 0 Å². The van der Waals surface area contributed by atoms with Crippen LogP contribution in [0.15, 0.2) is 48.8 Å². The van der Waals surface area contributed by atoms with Crippen LogP contribution in [0.1, 0.15) is 19.3 Å². The van der Waals surface area contributed by atoms with Crippen molar-refractivity contribution in [1.82, 2.24) is 0 Å². The summed E-state index contributed by atoms with van der Waals surface area (Å²) in [6.07, 6.45) is 6.28. The fourth-order valence-electron chi connectivity index (χ4n) is 1.97. The summed E-state index contributed by atoms with van der Waals surface area (Å²) in [5, 5.41) is 3.83. The van der Waals surface area contributed by atoms with E-state index in [0.29, 0.717) is 22.2 Å². The van der Waals surface area contributed by atoms with E-state index < -0.39 is 0 Å². The predicted molar refractivity (Wildman–Crippen MR) is 85.6 cm³/mol. The zero-order valence-electron chi connectivity index (χ0n) is 11.9. The molecule has 0 saturated carbocycles. The van der Waals surface area contributed by atoms with Crippen molar-refractivity contribution in [3.63, 3.8) is 0 Å². The number of aryl methyl sites for hydroxylation is 1. The van der Waals surface area contributed by atoms with E-state index >= 15 is 0 Å². The average molecular weight is 404 g/mol. The topological polar surface area (TPSA) is 33.0 Å². The first-order valence-electron chi connectivity index (χ1n) is 6.84. The number of nitrogens with zero attached hydrogens (tertiary/aromatic N) is 1. The number of hydrogen-bond acceptors (Lipinski definition) is 1. The summed E-state index contributed by atoms with van der Waals surface area (Å²) >= 11 is 11.9. The fraction of sp³-hybridized carbons (Fsp3) is 0.250. The van der Waals surface area contributed by atoms with Crippen LogP contribution in [0, 0.1) is 0 Å². The molecule has 1 amide bonds. The highest BCUT2D eigenvalue weighted by atomic mass is 79.9. The Hall–Kier alpha value is -1.10. The molecule has 0 aliphatic heterocycles. The molecule has 0 saturated heterocycles. The molecule has 0 atom stereocenters. The molecule has 0 fully saturated rings. The predicted octanol–water partition coefficient (Wildman–Crippen LogP) is 1.09. The van der Waals surface area contributed by atoms with Crippen LogP contribution in [0.4, 0.5) is 5.69 Å². The number of hydrogen-bond donors (Lipinski definition) is 1. The quantitative estimate of drug-likeness (QED) is 0.568. The van der Waals surface area contributed by atoms with Crippen LogP contribution in [-0.2, 0) is 11.3 Å². The minimum atomic E-state index is -0.0442. The molecule has 118 valence electrons. The SMILES string of the molecule is O=C(CCCC[n+]1ccccc1)Nc1cc(Cl)ccc1Cl.[Br-]. The smallest absolute Gasteiger partial charge is 0.224 e. The number of pyridine rings is 1. The minimum Gasteiger partial charge on any atom is -1.00 e. The summed E-state index contributed by atoms with van der Waals surface area (Å²) in [6.45, 7) is 0.909. The highest BCUT2D eigenvalue weighted by molar-refractivity contribution is 6.35. The summed E-state index contributed by atoms with van der Waals surface area (Å²) in [7, 11) is 0. The monoisotopic (exact) mass is 402 g/mol. The molecule has 1 aromatic carbocycles. The number of carbonyl (C=O) groups is 1. The standard InChI is InChI=1S/C16H16Cl2N2O.BrH/c17-13-7-8-14(18)15(12-13)19-16(21)6-2-5-11-20-9-3-1-4-10-20;/h1,3-4,7-10,12H,2,5-6,11H2;1H. The largest absolute Gasteiger partial charge is 1.00 e. The Balaban J connectivity index is 0.00000242. The lowest BCUT2D eigenvalue weighted by Gasteiger charge is -2.07. The number of unbranched alkanes of at least 4 members (excludes halogenated alkanes) is 1. The van der Waals surface area contributed by atoms with E-state index in [1.165, 1.54) is 0 Å². The van der Waals surface area contributed by atoms with Crippen molar-refractivity contribution in [2.75, 3.05) is 5.32 Å².